The fourth-order valence-electron chi connectivity index (χ4n) is 2.91. The lowest BCUT2D eigenvalue weighted by molar-refractivity contribution is -0.138. The van der Waals surface area contributed by atoms with E-state index in [-0.39, 0.29) is 0 Å². The zero-order valence-corrected chi connectivity index (χ0v) is 11.5. The Morgan fingerprint density at radius 2 is 2.05 bits per heavy atom. The number of benzene rings is 1. The van der Waals surface area contributed by atoms with Crippen LogP contribution in [-0.4, -0.2) is 24.2 Å². The van der Waals surface area contributed by atoms with Crippen molar-refractivity contribution in [2.24, 2.45) is 5.73 Å². The summed E-state index contributed by atoms with van der Waals surface area (Å²) in [6.07, 6.45) is 4.75. The summed E-state index contributed by atoms with van der Waals surface area (Å²) in [5, 5.41) is 9.00. The van der Waals surface area contributed by atoms with Crippen LogP contribution in [0, 0.1) is 6.92 Å². The standard InChI is InChI=1S/C15H21NO3/c1-9-7-14(19-2)12(8-13(16)15(17)18)11-6-4-3-5-10(9)11/h7,13H,3-6,8,16H2,1-2H3,(H,17,18). The summed E-state index contributed by atoms with van der Waals surface area (Å²) in [6.45, 7) is 2.09. The summed E-state index contributed by atoms with van der Waals surface area (Å²) >= 11 is 0. The Morgan fingerprint density at radius 3 is 2.63 bits per heavy atom. The van der Waals surface area contributed by atoms with Crippen molar-refractivity contribution in [2.45, 2.75) is 45.1 Å². The Labute approximate surface area is 113 Å². The van der Waals surface area contributed by atoms with E-state index in [1.165, 1.54) is 23.1 Å². The van der Waals surface area contributed by atoms with Crippen molar-refractivity contribution in [1.82, 2.24) is 0 Å². The first-order chi connectivity index (χ1) is 9.04. The molecule has 1 aliphatic rings. The fourth-order valence-corrected chi connectivity index (χ4v) is 2.91. The van der Waals surface area contributed by atoms with Gasteiger partial charge in [-0.2, -0.15) is 0 Å². The molecule has 4 heteroatoms. The molecular formula is C15H21NO3. The Hall–Kier alpha value is -1.55. The van der Waals surface area contributed by atoms with Gasteiger partial charge in [0, 0.05) is 6.42 Å². The molecule has 0 radical (unpaired) electrons. The maximum Gasteiger partial charge on any atom is 0.320 e. The molecule has 1 aromatic carbocycles. The van der Waals surface area contributed by atoms with Gasteiger partial charge in [-0.15, -0.1) is 0 Å². The van der Waals surface area contributed by atoms with Crippen LogP contribution in [0.4, 0.5) is 0 Å². The summed E-state index contributed by atoms with van der Waals surface area (Å²) in [5.41, 5.74) is 10.5. The van der Waals surface area contributed by atoms with Crippen molar-refractivity contribution in [1.29, 1.82) is 0 Å². The second-order valence-corrected chi connectivity index (χ2v) is 5.19. The molecular weight excluding hydrogens is 242 g/mol. The molecule has 0 saturated heterocycles. The van der Waals surface area contributed by atoms with Crippen LogP contribution < -0.4 is 10.5 Å². The SMILES string of the molecule is COc1cc(C)c2c(c1CC(N)C(=O)O)CCCC2. The number of aliphatic carboxylic acids is 1. The lowest BCUT2D eigenvalue weighted by Crippen LogP contribution is -2.33. The Kier molecular flexibility index (Phi) is 4.10. The van der Waals surface area contributed by atoms with Crippen molar-refractivity contribution < 1.29 is 14.6 Å². The molecule has 0 spiro atoms. The second kappa shape index (κ2) is 5.61. The molecule has 1 aromatic rings. The molecule has 0 heterocycles. The van der Waals surface area contributed by atoms with E-state index >= 15 is 0 Å². The van der Waals surface area contributed by atoms with Crippen LogP contribution in [0.25, 0.3) is 0 Å². The van der Waals surface area contributed by atoms with Gasteiger partial charge in [0.1, 0.15) is 11.8 Å². The molecule has 0 saturated carbocycles. The van der Waals surface area contributed by atoms with E-state index in [0.717, 1.165) is 30.6 Å². The van der Waals surface area contributed by atoms with Gasteiger partial charge in [0.2, 0.25) is 0 Å². The number of rotatable bonds is 4. The van der Waals surface area contributed by atoms with Crippen LogP contribution in [0.1, 0.15) is 35.1 Å². The molecule has 0 bridgehead atoms. The van der Waals surface area contributed by atoms with Crippen molar-refractivity contribution in [3.63, 3.8) is 0 Å². The number of ether oxygens (including phenoxy) is 1. The van der Waals surface area contributed by atoms with Gasteiger partial charge < -0.3 is 15.6 Å². The number of nitrogens with two attached hydrogens (primary N) is 1. The van der Waals surface area contributed by atoms with Gasteiger partial charge in [0.25, 0.3) is 0 Å². The number of aryl methyl sites for hydroxylation is 1. The van der Waals surface area contributed by atoms with E-state index in [4.69, 9.17) is 15.6 Å². The summed E-state index contributed by atoms with van der Waals surface area (Å²) in [5.74, 6) is -0.193. The van der Waals surface area contributed by atoms with Gasteiger partial charge in [-0.1, -0.05) is 0 Å². The van der Waals surface area contributed by atoms with Crippen LogP contribution in [0.5, 0.6) is 5.75 Å². The van der Waals surface area contributed by atoms with E-state index in [0.29, 0.717) is 6.42 Å². The Balaban J connectivity index is 2.47. The molecule has 19 heavy (non-hydrogen) atoms. The normalized spacial score (nSPS) is 15.7. The zero-order valence-electron chi connectivity index (χ0n) is 11.5. The van der Waals surface area contributed by atoms with E-state index in [2.05, 4.69) is 6.92 Å². The summed E-state index contributed by atoms with van der Waals surface area (Å²) < 4.78 is 5.42. The number of carboxylic acid groups (broad SMARTS) is 1. The smallest absolute Gasteiger partial charge is 0.320 e. The van der Waals surface area contributed by atoms with Crippen LogP contribution in [-0.2, 0) is 24.1 Å². The first-order valence-electron chi connectivity index (χ1n) is 6.71. The minimum atomic E-state index is -0.966. The Bertz CT molecular complexity index is 497. The monoisotopic (exact) mass is 263 g/mol. The van der Waals surface area contributed by atoms with E-state index in [9.17, 15) is 4.79 Å². The second-order valence-electron chi connectivity index (χ2n) is 5.19. The van der Waals surface area contributed by atoms with Crippen molar-refractivity contribution >= 4 is 5.97 Å². The highest BCUT2D eigenvalue weighted by Gasteiger charge is 2.23. The summed E-state index contributed by atoms with van der Waals surface area (Å²) in [6, 6.07) is 1.14. The van der Waals surface area contributed by atoms with E-state index in [1.807, 2.05) is 6.07 Å². The summed E-state index contributed by atoms with van der Waals surface area (Å²) in [7, 11) is 1.62. The van der Waals surface area contributed by atoms with Crippen molar-refractivity contribution in [2.75, 3.05) is 7.11 Å². The highest BCUT2D eigenvalue weighted by atomic mass is 16.5. The van der Waals surface area contributed by atoms with Crippen LogP contribution in [0.3, 0.4) is 0 Å². The third-order valence-corrected chi connectivity index (χ3v) is 3.91. The Morgan fingerprint density at radius 1 is 1.42 bits per heavy atom. The van der Waals surface area contributed by atoms with Gasteiger partial charge in [-0.25, -0.2) is 0 Å². The fraction of sp³-hybridized carbons (Fsp3) is 0.533. The molecule has 0 aromatic heterocycles. The van der Waals surface area contributed by atoms with Crippen molar-refractivity contribution in [3.8, 4) is 5.75 Å². The van der Waals surface area contributed by atoms with Gasteiger partial charge in [0.05, 0.1) is 7.11 Å². The number of hydrogen-bond acceptors (Lipinski definition) is 3. The number of methoxy groups -OCH3 is 1. The van der Waals surface area contributed by atoms with Crippen molar-refractivity contribution in [3.05, 3.63) is 28.3 Å². The van der Waals surface area contributed by atoms with Gasteiger partial charge in [0.15, 0.2) is 0 Å². The predicted molar refractivity (Wildman–Crippen MR) is 73.7 cm³/mol. The molecule has 4 nitrogen and oxygen atoms in total. The largest absolute Gasteiger partial charge is 0.496 e. The van der Waals surface area contributed by atoms with Gasteiger partial charge in [-0.3, -0.25) is 4.79 Å². The maximum absolute atomic E-state index is 11.0. The first kappa shape index (κ1) is 13.9. The highest BCUT2D eigenvalue weighted by molar-refractivity contribution is 5.74. The molecule has 2 rings (SSSR count). The minimum absolute atomic E-state index is 0.334. The molecule has 0 aliphatic heterocycles. The number of carboxylic acids is 1. The zero-order chi connectivity index (χ0) is 14.0. The molecule has 0 fully saturated rings. The number of hydrogen-bond donors (Lipinski definition) is 2. The highest BCUT2D eigenvalue weighted by Crippen LogP contribution is 2.34. The molecule has 1 aliphatic carbocycles. The lowest BCUT2D eigenvalue weighted by atomic mass is 9.83. The third-order valence-electron chi connectivity index (χ3n) is 3.91. The van der Waals surface area contributed by atoms with Crippen LogP contribution in [0.15, 0.2) is 6.07 Å². The predicted octanol–water partition coefficient (Wildman–Crippen LogP) is 1.84. The molecule has 3 N–H and O–H groups in total. The average molecular weight is 263 g/mol. The van der Waals surface area contributed by atoms with E-state index in [1.54, 1.807) is 7.11 Å². The first-order valence-corrected chi connectivity index (χ1v) is 6.71. The number of fused-ring (bicyclic) bond motifs is 1. The third kappa shape index (κ3) is 2.73. The quantitative estimate of drug-likeness (QED) is 0.869. The molecule has 104 valence electrons. The van der Waals surface area contributed by atoms with Gasteiger partial charge >= 0.3 is 5.97 Å². The molecule has 0 amide bonds. The summed E-state index contributed by atoms with van der Waals surface area (Å²) in [4.78, 5) is 11.0. The van der Waals surface area contributed by atoms with E-state index < -0.39 is 12.0 Å². The van der Waals surface area contributed by atoms with Gasteiger partial charge in [-0.05, 0) is 60.9 Å². The topological polar surface area (TPSA) is 72.5 Å². The maximum atomic E-state index is 11.0. The lowest BCUT2D eigenvalue weighted by Gasteiger charge is -2.24. The average Bonchev–Trinajstić information content (AvgIpc) is 2.41. The minimum Gasteiger partial charge on any atom is -0.496 e. The van der Waals surface area contributed by atoms with Crippen LogP contribution >= 0.6 is 0 Å². The molecule has 1 unspecified atom stereocenters. The molecule has 1 atom stereocenters. The van der Waals surface area contributed by atoms with Crippen LogP contribution in [0.2, 0.25) is 0 Å². The number of carbonyl (C=O) groups is 1.